The topological polar surface area (TPSA) is 119 Å². The van der Waals surface area contributed by atoms with E-state index >= 15 is 0 Å². The Labute approximate surface area is 204 Å². The zero-order chi connectivity index (χ0) is 25.8. The summed E-state index contributed by atoms with van der Waals surface area (Å²) in [6, 6.07) is 10.9. The fourth-order valence-corrected chi connectivity index (χ4v) is 3.36. The number of amides is 1. The van der Waals surface area contributed by atoms with Crippen molar-refractivity contribution >= 4 is 18.0 Å². The lowest BCUT2D eigenvalue weighted by atomic mass is 9.92. The lowest BCUT2D eigenvalue weighted by Crippen LogP contribution is -2.42. The van der Waals surface area contributed by atoms with Gasteiger partial charge in [0.1, 0.15) is 6.61 Å². The van der Waals surface area contributed by atoms with Gasteiger partial charge in [-0.05, 0) is 37.1 Å². The summed E-state index contributed by atoms with van der Waals surface area (Å²) < 4.78 is 31.7. The van der Waals surface area contributed by atoms with E-state index in [1.807, 2.05) is 18.2 Å². The van der Waals surface area contributed by atoms with Gasteiger partial charge in [0.05, 0.1) is 40.6 Å². The van der Waals surface area contributed by atoms with Crippen molar-refractivity contribution in [3.05, 3.63) is 53.6 Å². The van der Waals surface area contributed by atoms with Gasteiger partial charge in [0.15, 0.2) is 17.4 Å². The number of carbonyl (C=O) groups excluding carboxylic acids is 3. The number of hydrogen-bond donors (Lipinski definition) is 1. The molecule has 10 heteroatoms. The first kappa shape index (κ1) is 27.3. The first-order valence-electron chi connectivity index (χ1n) is 11.0. The average Bonchev–Trinajstić information content (AvgIpc) is 2.87. The SMILES string of the molecule is CCOC(=O)C(C(=O)OCC)C(NC(=O)OCc1ccccc1)c1cc(OC)c(OC)c(OC)c1. The molecule has 1 N–H and O–H groups in total. The number of esters is 2. The highest BCUT2D eigenvalue weighted by Gasteiger charge is 2.40. The second-order valence-corrected chi connectivity index (χ2v) is 7.12. The molecule has 0 spiro atoms. The van der Waals surface area contributed by atoms with E-state index < -0.39 is 30.0 Å². The summed E-state index contributed by atoms with van der Waals surface area (Å²) in [7, 11) is 4.29. The molecule has 0 heterocycles. The van der Waals surface area contributed by atoms with Crippen molar-refractivity contribution < 1.29 is 42.8 Å². The van der Waals surface area contributed by atoms with Crippen LogP contribution in [0.1, 0.15) is 31.0 Å². The van der Waals surface area contributed by atoms with Crippen LogP contribution in [0.3, 0.4) is 0 Å². The number of methoxy groups -OCH3 is 3. The minimum Gasteiger partial charge on any atom is -0.493 e. The zero-order valence-corrected chi connectivity index (χ0v) is 20.5. The zero-order valence-electron chi connectivity index (χ0n) is 20.5. The molecule has 0 saturated carbocycles. The number of benzene rings is 2. The van der Waals surface area contributed by atoms with E-state index in [0.29, 0.717) is 11.3 Å². The second-order valence-electron chi connectivity index (χ2n) is 7.12. The standard InChI is InChI=1S/C25H31NO9/c1-6-33-23(27)20(24(28)34-7-2)21(26-25(29)35-15-16-11-9-8-10-12-16)17-13-18(30-3)22(32-5)19(14-17)31-4/h8-14,20-21H,6-7,15H2,1-5H3,(H,26,29). The average molecular weight is 490 g/mol. The van der Waals surface area contributed by atoms with E-state index in [0.717, 1.165) is 5.56 Å². The number of nitrogens with one attached hydrogen (secondary N) is 1. The maximum Gasteiger partial charge on any atom is 0.407 e. The highest BCUT2D eigenvalue weighted by molar-refractivity contribution is 5.96. The number of rotatable bonds is 12. The summed E-state index contributed by atoms with van der Waals surface area (Å²) in [5.41, 5.74) is 1.07. The first-order valence-corrected chi connectivity index (χ1v) is 11.0. The molecule has 1 atom stereocenters. The van der Waals surface area contributed by atoms with Crippen molar-refractivity contribution in [2.45, 2.75) is 26.5 Å². The Balaban J connectivity index is 2.50. The van der Waals surface area contributed by atoms with Gasteiger partial charge in [-0.2, -0.15) is 0 Å². The van der Waals surface area contributed by atoms with Crippen molar-refractivity contribution in [1.82, 2.24) is 5.32 Å². The van der Waals surface area contributed by atoms with Crippen LogP contribution in [0.4, 0.5) is 4.79 Å². The van der Waals surface area contributed by atoms with E-state index in [1.165, 1.54) is 33.5 Å². The maximum absolute atomic E-state index is 12.9. The van der Waals surface area contributed by atoms with Crippen LogP contribution in [0.5, 0.6) is 17.2 Å². The van der Waals surface area contributed by atoms with Crippen LogP contribution in [0.15, 0.2) is 42.5 Å². The van der Waals surface area contributed by atoms with Crippen LogP contribution in [0, 0.1) is 5.92 Å². The molecule has 190 valence electrons. The van der Waals surface area contributed by atoms with Gasteiger partial charge >= 0.3 is 18.0 Å². The third kappa shape index (κ3) is 7.26. The lowest BCUT2D eigenvalue weighted by molar-refractivity contribution is -0.163. The molecule has 1 unspecified atom stereocenters. The fraction of sp³-hybridized carbons (Fsp3) is 0.400. The summed E-state index contributed by atoms with van der Waals surface area (Å²) >= 11 is 0. The molecule has 0 radical (unpaired) electrons. The highest BCUT2D eigenvalue weighted by Crippen LogP contribution is 2.41. The van der Waals surface area contributed by atoms with Crippen molar-refractivity contribution in [3.8, 4) is 17.2 Å². The summed E-state index contributed by atoms with van der Waals surface area (Å²) in [5.74, 6) is -2.44. The maximum atomic E-state index is 12.9. The minimum absolute atomic E-state index is 0.0157. The monoisotopic (exact) mass is 489 g/mol. The van der Waals surface area contributed by atoms with Gasteiger partial charge in [0.2, 0.25) is 5.75 Å². The van der Waals surface area contributed by atoms with Crippen LogP contribution in [0.25, 0.3) is 0 Å². The molecule has 0 aromatic heterocycles. The highest BCUT2D eigenvalue weighted by atomic mass is 16.6. The molecule has 2 aromatic rings. The number of ether oxygens (including phenoxy) is 6. The van der Waals surface area contributed by atoms with Crippen LogP contribution in [-0.4, -0.2) is 52.6 Å². The molecule has 0 aliphatic heterocycles. The van der Waals surface area contributed by atoms with Crippen molar-refractivity contribution in [2.24, 2.45) is 5.92 Å². The fourth-order valence-electron chi connectivity index (χ4n) is 3.36. The van der Waals surface area contributed by atoms with Crippen LogP contribution >= 0.6 is 0 Å². The van der Waals surface area contributed by atoms with E-state index in [4.69, 9.17) is 28.4 Å². The largest absolute Gasteiger partial charge is 0.493 e. The number of alkyl carbamates (subject to hydrolysis) is 1. The Bertz CT molecular complexity index is 951. The Morgan fingerprint density at radius 2 is 1.34 bits per heavy atom. The number of carbonyl (C=O) groups is 3. The van der Waals surface area contributed by atoms with Gasteiger partial charge in [0.25, 0.3) is 0 Å². The summed E-state index contributed by atoms with van der Waals surface area (Å²) in [4.78, 5) is 38.5. The van der Waals surface area contributed by atoms with Gasteiger partial charge in [-0.1, -0.05) is 30.3 Å². The molecule has 10 nitrogen and oxygen atoms in total. The quantitative estimate of drug-likeness (QED) is 0.272. The van der Waals surface area contributed by atoms with Crippen LogP contribution in [0.2, 0.25) is 0 Å². The lowest BCUT2D eigenvalue weighted by Gasteiger charge is -2.26. The molecule has 2 rings (SSSR count). The predicted octanol–water partition coefficient (Wildman–Crippen LogP) is 3.42. The smallest absolute Gasteiger partial charge is 0.407 e. The molecule has 0 bridgehead atoms. The summed E-state index contributed by atoms with van der Waals surface area (Å²) in [6.45, 7) is 3.24. The molecule has 0 aliphatic carbocycles. The molecular formula is C25H31NO9. The van der Waals surface area contributed by atoms with Gasteiger partial charge < -0.3 is 33.7 Å². The third-order valence-corrected chi connectivity index (χ3v) is 4.95. The predicted molar refractivity (Wildman–Crippen MR) is 125 cm³/mol. The van der Waals surface area contributed by atoms with E-state index in [-0.39, 0.29) is 31.3 Å². The molecule has 35 heavy (non-hydrogen) atoms. The Kier molecular flexibility index (Phi) is 10.7. The second kappa shape index (κ2) is 13.7. The van der Waals surface area contributed by atoms with Gasteiger partial charge in [-0.3, -0.25) is 9.59 Å². The molecular weight excluding hydrogens is 458 g/mol. The molecule has 2 aromatic carbocycles. The normalized spacial score (nSPS) is 11.3. The first-order chi connectivity index (χ1) is 16.9. The van der Waals surface area contributed by atoms with Gasteiger partial charge in [-0.25, -0.2) is 4.79 Å². The van der Waals surface area contributed by atoms with Gasteiger partial charge in [-0.15, -0.1) is 0 Å². The van der Waals surface area contributed by atoms with E-state index in [1.54, 1.807) is 26.0 Å². The third-order valence-electron chi connectivity index (χ3n) is 4.95. The van der Waals surface area contributed by atoms with E-state index in [2.05, 4.69) is 5.32 Å². The van der Waals surface area contributed by atoms with Crippen molar-refractivity contribution in [2.75, 3.05) is 34.5 Å². The Hall–Kier alpha value is -3.95. The molecule has 0 saturated heterocycles. The van der Waals surface area contributed by atoms with Crippen molar-refractivity contribution in [1.29, 1.82) is 0 Å². The van der Waals surface area contributed by atoms with Crippen LogP contribution in [-0.2, 0) is 30.4 Å². The summed E-state index contributed by atoms with van der Waals surface area (Å²) in [5, 5.41) is 2.61. The molecule has 0 aliphatic rings. The van der Waals surface area contributed by atoms with E-state index in [9.17, 15) is 14.4 Å². The van der Waals surface area contributed by atoms with Crippen molar-refractivity contribution in [3.63, 3.8) is 0 Å². The van der Waals surface area contributed by atoms with Crippen LogP contribution < -0.4 is 19.5 Å². The summed E-state index contributed by atoms with van der Waals surface area (Å²) in [6.07, 6.45) is -0.855. The molecule has 0 fully saturated rings. The Morgan fingerprint density at radius 3 is 1.80 bits per heavy atom. The minimum atomic E-state index is -1.53. The number of hydrogen-bond acceptors (Lipinski definition) is 9. The molecule has 1 amide bonds. The van der Waals surface area contributed by atoms with Gasteiger partial charge in [0, 0.05) is 0 Å². The Morgan fingerprint density at radius 1 is 0.800 bits per heavy atom.